The van der Waals surface area contributed by atoms with E-state index in [0.29, 0.717) is 28.5 Å². The predicted molar refractivity (Wildman–Crippen MR) is 122 cm³/mol. The fourth-order valence-electron chi connectivity index (χ4n) is 4.19. The van der Waals surface area contributed by atoms with Gasteiger partial charge in [0.2, 0.25) is 0 Å². The first kappa shape index (κ1) is 19.7. The molecule has 0 saturated heterocycles. The first-order valence-electron chi connectivity index (χ1n) is 9.87. The van der Waals surface area contributed by atoms with Gasteiger partial charge in [0.1, 0.15) is 17.1 Å². The number of hydrogen-bond acceptors (Lipinski definition) is 7. The highest BCUT2D eigenvalue weighted by molar-refractivity contribution is 6.09. The number of benzene rings is 2. The minimum Gasteiger partial charge on any atom is -0.497 e. The van der Waals surface area contributed by atoms with E-state index < -0.39 is 0 Å². The summed E-state index contributed by atoms with van der Waals surface area (Å²) < 4.78 is 19.7. The summed E-state index contributed by atoms with van der Waals surface area (Å²) in [4.78, 5) is 17.5. The van der Waals surface area contributed by atoms with Gasteiger partial charge < -0.3 is 24.3 Å². The van der Waals surface area contributed by atoms with Crippen LogP contribution in [-0.2, 0) is 14.1 Å². The lowest BCUT2D eigenvalue weighted by molar-refractivity contribution is 0.395. The van der Waals surface area contributed by atoms with Crippen LogP contribution in [0, 0.1) is 0 Å². The molecule has 0 spiro atoms. The number of ether oxygens (including phenoxy) is 2. The van der Waals surface area contributed by atoms with Crippen molar-refractivity contribution in [2.75, 3.05) is 20.0 Å². The minimum absolute atomic E-state index is 0.0781. The molecule has 2 N–H and O–H groups in total. The third kappa shape index (κ3) is 2.82. The third-order valence-electron chi connectivity index (χ3n) is 5.74. The van der Waals surface area contributed by atoms with Crippen molar-refractivity contribution in [1.82, 2.24) is 19.3 Å². The SMILES string of the molecule is COc1ccc(-c2cc3c4cc(-c5nc(N)no5)ccc4n(C)c3n(C)c2=O)c(OC)c1. The largest absolute Gasteiger partial charge is 0.497 e. The smallest absolute Gasteiger partial charge is 0.261 e. The Morgan fingerprint density at radius 1 is 0.938 bits per heavy atom. The van der Waals surface area contributed by atoms with E-state index >= 15 is 0 Å². The van der Waals surface area contributed by atoms with Gasteiger partial charge in [0.15, 0.2) is 0 Å². The van der Waals surface area contributed by atoms with Gasteiger partial charge in [-0.05, 0) is 41.6 Å². The third-order valence-corrected chi connectivity index (χ3v) is 5.74. The zero-order valence-electron chi connectivity index (χ0n) is 18.0. The van der Waals surface area contributed by atoms with Gasteiger partial charge in [0.25, 0.3) is 17.4 Å². The quantitative estimate of drug-likeness (QED) is 0.465. The first-order chi connectivity index (χ1) is 15.4. The molecule has 9 nitrogen and oxygen atoms in total. The molecule has 0 aliphatic carbocycles. The van der Waals surface area contributed by atoms with Gasteiger partial charge in [-0.1, -0.05) is 0 Å². The van der Waals surface area contributed by atoms with Crippen molar-refractivity contribution >= 4 is 27.9 Å². The van der Waals surface area contributed by atoms with Crippen LogP contribution in [0.3, 0.4) is 0 Å². The second-order valence-corrected chi connectivity index (χ2v) is 7.47. The molecule has 0 bridgehead atoms. The van der Waals surface area contributed by atoms with Crippen molar-refractivity contribution in [1.29, 1.82) is 0 Å². The van der Waals surface area contributed by atoms with Gasteiger partial charge in [-0.2, -0.15) is 4.98 Å². The molecule has 2 aromatic carbocycles. The van der Waals surface area contributed by atoms with Crippen LogP contribution in [0.25, 0.3) is 44.5 Å². The van der Waals surface area contributed by atoms with Crippen molar-refractivity contribution in [2.45, 2.75) is 0 Å². The molecule has 162 valence electrons. The molecule has 0 unspecified atom stereocenters. The zero-order chi connectivity index (χ0) is 22.6. The molecule has 3 heterocycles. The molecule has 3 aromatic heterocycles. The van der Waals surface area contributed by atoms with Crippen LogP contribution in [0.2, 0.25) is 0 Å². The maximum absolute atomic E-state index is 13.3. The van der Waals surface area contributed by atoms with Crippen LogP contribution in [0.5, 0.6) is 11.5 Å². The van der Waals surface area contributed by atoms with E-state index in [1.807, 2.05) is 48.0 Å². The second-order valence-electron chi connectivity index (χ2n) is 7.47. The Balaban J connectivity index is 1.82. The average molecular weight is 431 g/mol. The molecule has 0 aliphatic heterocycles. The number of aromatic nitrogens is 4. The van der Waals surface area contributed by atoms with E-state index in [0.717, 1.165) is 27.5 Å². The Kier molecular flexibility index (Phi) is 4.40. The van der Waals surface area contributed by atoms with E-state index in [1.54, 1.807) is 31.9 Å². The summed E-state index contributed by atoms with van der Waals surface area (Å²) in [6.45, 7) is 0. The number of aryl methyl sites for hydroxylation is 2. The number of nitrogens with two attached hydrogens (primary N) is 1. The topological polar surface area (TPSA) is 110 Å². The Morgan fingerprint density at radius 2 is 1.75 bits per heavy atom. The van der Waals surface area contributed by atoms with E-state index in [9.17, 15) is 4.79 Å². The van der Waals surface area contributed by atoms with E-state index in [2.05, 4.69) is 10.1 Å². The molecule has 0 saturated carbocycles. The summed E-state index contributed by atoms with van der Waals surface area (Å²) in [6.07, 6.45) is 0. The fourth-order valence-corrected chi connectivity index (χ4v) is 4.19. The number of hydrogen-bond donors (Lipinski definition) is 1. The number of fused-ring (bicyclic) bond motifs is 3. The number of pyridine rings is 1. The van der Waals surface area contributed by atoms with Crippen LogP contribution < -0.4 is 20.8 Å². The Bertz CT molecular complexity index is 1560. The van der Waals surface area contributed by atoms with Gasteiger partial charge in [-0.15, -0.1) is 0 Å². The van der Waals surface area contributed by atoms with Crippen molar-refractivity contribution in [2.24, 2.45) is 14.1 Å². The molecule has 5 rings (SSSR count). The number of rotatable bonds is 4. The van der Waals surface area contributed by atoms with E-state index in [-0.39, 0.29) is 11.5 Å². The van der Waals surface area contributed by atoms with Gasteiger partial charge in [-0.3, -0.25) is 9.36 Å². The van der Waals surface area contributed by atoms with Gasteiger partial charge in [-0.25, -0.2) is 0 Å². The lowest BCUT2D eigenvalue weighted by atomic mass is 10.0. The normalized spacial score (nSPS) is 11.4. The summed E-state index contributed by atoms with van der Waals surface area (Å²) in [5.74, 6) is 1.62. The van der Waals surface area contributed by atoms with Crippen LogP contribution in [0.1, 0.15) is 0 Å². The monoisotopic (exact) mass is 431 g/mol. The van der Waals surface area contributed by atoms with Crippen molar-refractivity contribution < 1.29 is 14.0 Å². The van der Waals surface area contributed by atoms with E-state index in [4.69, 9.17) is 19.7 Å². The molecule has 0 fully saturated rings. The highest BCUT2D eigenvalue weighted by Crippen LogP contribution is 2.36. The summed E-state index contributed by atoms with van der Waals surface area (Å²) in [6, 6.07) is 13.1. The molecule has 0 aliphatic rings. The standard InChI is InChI=1S/C23H21N5O4/c1-27-18-8-5-12(20-25-23(24)26-32-20)9-15(18)16-11-17(22(29)28(2)21(16)27)14-7-6-13(30-3)10-19(14)31-4/h5-11H,1-4H3,(H2,24,26). The summed E-state index contributed by atoms with van der Waals surface area (Å²) in [5.41, 5.74) is 9.20. The van der Waals surface area contributed by atoms with Crippen molar-refractivity contribution in [3.05, 3.63) is 52.8 Å². The molecule has 0 radical (unpaired) electrons. The van der Waals surface area contributed by atoms with Crippen molar-refractivity contribution in [3.63, 3.8) is 0 Å². The lowest BCUT2D eigenvalue weighted by Crippen LogP contribution is -2.20. The van der Waals surface area contributed by atoms with Crippen LogP contribution >= 0.6 is 0 Å². The van der Waals surface area contributed by atoms with Crippen LogP contribution in [-0.4, -0.2) is 33.5 Å². The lowest BCUT2D eigenvalue weighted by Gasteiger charge is -2.12. The van der Waals surface area contributed by atoms with Crippen LogP contribution in [0.4, 0.5) is 5.95 Å². The maximum Gasteiger partial charge on any atom is 0.261 e. The minimum atomic E-state index is -0.128. The Morgan fingerprint density at radius 3 is 2.44 bits per heavy atom. The second kappa shape index (κ2) is 7.16. The molecular formula is C23H21N5O4. The highest BCUT2D eigenvalue weighted by Gasteiger charge is 2.19. The Hall–Kier alpha value is -4.27. The molecule has 0 amide bonds. The molecule has 9 heteroatoms. The first-order valence-corrected chi connectivity index (χ1v) is 9.87. The zero-order valence-corrected chi connectivity index (χ0v) is 18.0. The van der Waals surface area contributed by atoms with Gasteiger partial charge in [0.05, 0.1) is 25.3 Å². The Labute approximate surface area is 182 Å². The van der Waals surface area contributed by atoms with Crippen LogP contribution in [0.15, 0.2) is 51.8 Å². The van der Waals surface area contributed by atoms with Crippen molar-refractivity contribution in [3.8, 4) is 34.1 Å². The number of anilines is 1. The molecular weight excluding hydrogens is 410 g/mol. The molecule has 5 aromatic rings. The fraction of sp³-hybridized carbons (Fsp3) is 0.174. The highest BCUT2D eigenvalue weighted by atomic mass is 16.5. The predicted octanol–water partition coefficient (Wildman–Crippen LogP) is 3.35. The summed E-state index contributed by atoms with van der Waals surface area (Å²) in [5, 5.41) is 5.52. The number of nitrogen functional groups attached to an aromatic ring is 1. The average Bonchev–Trinajstić information content (AvgIpc) is 3.36. The number of nitrogens with zero attached hydrogens (tertiary/aromatic N) is 4. The molecule has 0 atom stereocenters. The summed E-state index contributed by atoms with van der Waals surface area (Å²) in [7, 11) is 6.86. The van der Waals surface area contributed by atoms with Gasteiger partial charge in [0, 0.05) is 42.1 Å². The maximum atomic E-state index is 13.3. The number of methoxy groups -OCH3 is 2. The van der Waals surface area contributed by atoms with Gasteiger partial charge >= 0.3 is 0 Å². The molecule has 32 heavy (non-hydrogen) atoms. The summed E-state index contributed by atoms with van der Waals surface area (Å²) >= 11 is 0. The van der Waals surface area contributed by atoms with E-state index in [1.165, 1.54) is 0 Å².